The van der Waals surface area contributed by atoms with Crippen molar-refractivity contribution in [2.75, 3.05) is 6.61 Å². The molecule has 0 radical (unpaired) electrons. The van der Waals surface area contributed by atoms with Gasteiger partial charge in [-0.2, -0.15) is 5.26 Å². The van der Waals surface area contributed by atoms with E-state index in [2.05, 4.69) is 29.6 Å². The SMILES string of the molecule is CC(NC(=O)C=Cc1ccc(OCC#N)cc1)c1ccc2ccccc2c1. The highest BCUT2D eigenvalue weighted by Gasteiger charge is 2.08. The van der Waals surface area contributed by atoms with Crippen LogP contribution in [0.15, 0.2) is 72.8 Å². The summed E-state index contributed by atoms with van der Waals surface area (Å²) in [7, 11) is 0. The molecule has 1 N–H and O–H groups in total. The molecule has 0 aliphatic carbocycles. The van der Waals surface area contributed by atoms with Crippen LogP contribution in [0.25, 0.3) is 16.8 Å². The Labute approximate surface area is 158 Å². The van der Waals surface area contributed by atoms with E-state index in [1.807, 2.05) is 43.3 Å². The van der Waals surface area contributed by atoms with Crippen molar-refractivity contribution in [1.29, 1.82) is 5.26 Å². The molecule has 27 heavy (non-hydrogen) atoms. The number of ether oxygens (including phenoxy) is 1. The van der Waals surface area contributed by atoms with Crippen LogP contribution in [-0.2, 0) is 4.79 Å². The number of hydrogen-bond donors (Lipinski definition) is 1. The Morgan fingerprint density at radius 3 is 2.59 bits per heavy atom. The van der Waals surface area contributed by atoms with Gasteiger partial charge in [0.1, 0.15) is 11.8 Å². The minimum absolute atomic E-state index is 0.0181. The quantitative estimate of drug-likeness (QED) is 0.655. The molecule has 0 aromatic heterocycles. The second kappa shape index (κ2) is 8.68. The largest absolute Gasteiger partial charge is 0.479 e. The monoisotopic (exact) mass is 356 g/mol. The lowest BCUT2D eigenvalue weighted by molar-refractivity contribution is -0.117. The number of carbonyl (C=O) groups excluding carboxylic acids is 1. The lowest BCUT2D eigenvalue weighted by Crippen LogP contribution is -2.24. The number of amides is 1. The molecule has 1 unspecified atom stereocenters. The first-order chi connectivity index (χ1) is 13.2. The van der Waals surface area contributed by atoms with Gasteiger partial charge in [-0.05, 0) is 53.1 Å². The Bertz CT molecular complexity index is 1000. The summed E-state index contributed by atoms with van der Waals surface area (Å²) in [5.74, 6) is 0.476. The van der Waals surface area contributed by atoms with E-state index in [4.69, 9.17) is 10.00 Å². The van der Waals surface area contributed by atoms with E-state index in [-0.39, 0.29) is 18.6 Å². The molecule has 1 atom stereocenters. The number of nitrogens with zero attached hydrogens (tertiary/aromatic N) is 1. The van der Waals surface area contributed by atoms with Crippen LogP contribution in [0.1, 0.15) is 24.1 Å². The highest BCUT2D eigenvalue weighted by atomic mass is 16.5. The maximum atomic E-state index is 12.2. The van der Waals surface area contributed by atoms with E-state index in [0.29, 0.717) is 5.75 Å². The normalized spacial score (nSPS) is 11.9. The minimum Gasteiger partial charge on any atom is -0.479 e. The molecule has 134 valence electrons. The summed E-state index contributed by atoms with van der Waals surface area (Å²) in [5, 5.41) is 13.8. The van der Waals surface area contributed by atoms with Crippen LogP contribution >= 0.6 is 0 Å². The van der Waals surface area contributed by atoms with Gasteiger partial charge in [-0.25, -0.2) is 0 Å². The number of rotatable bonds is 6. The van der Waals surface area contributed by atoms with Crippen molar-refractivity contribution in [3.8, 4) is 11.8 Å². The predicted molar refractivity (Wildman–Crippen MR) is 107 cm³/mol. The maximum absolute atomic E-state index is 12.2. The number of nitrogens with one attached hydrogen (secondary N) is 1. The Hall–Kier alpha value is -3.58. The zero-order valence-corrected chi connectivity index (χ0v) is 15.1. The molecule has 0 aliphatic heterocycles. The summed E-state index contributed by atoms with van der Waals surface area (Å²) in [6, 6.07) is 23.4. The summed E-state index contributed by atoms with van der Waals surface area (Å²) < 4.78 is 5.20. The standard InChI is InChI=1S/C23H20N2O2/c1-17(20-10-9-19-4-2-3-5-21(19)16-20)25-23(26)13-8-18-6-11-22(12-7-18)27-15-14-24/h2-13,16-17H,15H2,1H3,(H,25,26). The van der Waals surface area contributed by atoms with E-state index in [9.17, 15) is 4.79 Å². The van der Waals surface area contributed by atoms with Gasteiger partial charge in [0.2, 0.25) is 5.91 Å². The lowest BCUT2D eigenvalue weighted by Gasteiger charge is -2.14. The molecule has 0 spiro atoms. The number of nitriles is 1. The Balaban J connectivity index is 1.60. The van der Waals surface area contributed by atoms with Crippen molar-refractivity contribution in [3.63, 3.8) is 0 Å². The molecular formula is C23H20N2O2. The fraction of sp³-hybridized carbons (Fsp3) is 0.130. The van der Waals surface area contributed by atoms with Crippen LogP contribution in [0.4, 0.5) is 0 Å². The van der Waals surface area contributed by atoms with E-state index in [1.165, 1.54) is 11.5 Å². The first kappa shape index (κ1) is 18.2. The number of fused-ring (bicyclic) bond motifs is 1. The van der Waals surface area contributed by atoms with Crippen LogP contribution in [0.2, 0.25) is 0 Å². The van der Waals surface area contributed by atoms with Crippen LogP contribution in [0.5, 0.6) is 5.75 Å². The van der Waals surface area contributed by atoms with Crippen LogP contribution in [0.3, 0.4) is 0 Å². The lowest BCUT2D eigenvalue weighted by atomic mass is 10.0. The van der Waals surface area contributed by atoms with E-state index < -0.39 is 0 Å². The van der Waals surface area contributed by atoms with Gasteiger partial charge in [-0.3, -0.25) is 4.79 Å². The topological polar surface area (TPSA) is 62.1 Å². The van der Waals surface area contributed by atoms with Gasteiger partial charge in [0.15, 0.2) is 6.61 Å². The van der Waals surface area contributed by atoms with Crippen molar-refractivity contribution in [2.24, 2.45) is 0 Å². The van der Waals surface area contributed by atoms with Gasteiger partial charge in [-0.15, -0.1) is 0 Å². The van der Waals surface area contributed by atoms with Crippen molar-refractivity contribution in [1.82, 2.24) is 5.32 Å². The second-order valence-corrected chi connectivity index (χ2v) is 6.19. The number of carbonyl (C=O) groups is 1. The number of benzene rings is 3. The average Bonchev–Trinajstić information content (AvgIpc) is 2.71. The third-order valence-corrected chi connectivity index (χ3v) is 4.24. The molecular weight excluding hydrogens is 336 g/mol. The molecule has 0 saturated carbocycles. The summed E-state index contributed by atoms with van der Waals surface area (Å²) >= 11 is 0. The second-order valence-electron chi connectivity index (χ2n) is 6.19. The minimum atomic E-state index is -0.152. The molecule has 3 aromatic rings. The Morgan fingerprint density at radius 1 is 1.11 bits per heavy atom. The van der Waals surface area contributed by atoms with E-state index in [0.717, 1.165) is 16.5 Å². The van der Waals surface area contributed by atoms with E-state index in [1.54, 1.807) is 18.2 Å². The summed E-state index contributed by atoms with van der Waals surface area (Å²) in [6.07, 6.45) is 3.26. The first-order valence-corrected chi connectivity index (χ1v) is 8.73. The van der Waals surface area contributed by atoms with Gasteiger partial charge in [0.25, 0.3) is 0 Å². The molecule has 3 rings (SSSR count). The average molecular weight is 356 g/mol. The molecule has 0 saturated heterocycles. The zero-order chi connectivity index (χ0) is 19.1. The van der Waals surface area contributed by atoms with Crippen LogP contribution < -0.4 is 10.1 Å². The molecule has 0 fully saturated rings. The molecule has 0 aliphatic rings. The Morgan fingerprint density at radius 2 is 1.85 bits per heavy atom. The van der Waals surface area contributed by atoms with Gasteiger partial charge in [0, 0.05) is 6.08 Å². The fourth-order valence-corrected chi connectivity index (χ4v) is 2.78. The first-order valence-electron chi connectivity index (χ1n) is 8.73. The van der Waals surface area contributed by atoms with Crippen LogP contribution in [0, 0.1) is 11.3 Å². The van der Waals surface area contributed by atoms with Gasteiger partial charge in [0.05, 0.1) is 6.04 Å². The summed E-state index contributed by atoms with van der Waals surface area (Å²) in [5.41, 5.74) is 1.95. The maximum Gasteiger partial charge on any atom is 0.244 e. The van der Waals surface area contributed by atoms with Gasteiger partial charge < -0.3 is 10.1 Å². The van der Waals surface area contributed by atoms with Gasteiger partial charge >= 0.3 is 0 Å². The molecule has 0 bridgehead atoms. The van der Waals surface area contributed by atoms with Crippen LogP contribution in [-0.4, -0.2) is 12.5 Å². The van der Waals surface area contributed by atoms with E-state index >= 15 is 0 Å². The number of hydrogen-bond acceptors (Lipinski definition) is 3. The molecule has 1 amide bonds. The smallest absolute Gasteiger partial charge is 0.244 e. The Kier molecular flexibility index (Phi) is 5.86. The van der Waals surface area contributed by atoms with Crippen molar-refractivity contribution in [3.05, 3.63) is 83.9 Å². The molecule has 4 nitrogen and oxygen atoms in total. The molecule has 3 aromatic carbocycles. The predicted octanol–water partition coefficient (Wildman–Crippen LogP) is 4.63. The fourth-order valence-electron chi connectivity index (χ4n) is 2.78. The van der Waals surface area contributed by atoms with Crippen molar-refractivity contribution in [2.45, 2.75) is 13.0 Å². The molecule has 4 heteroatoms. The third kappa shape index (κ3) is 4.96. The third-order valence-electron chi connectivity index (χ3n) is 4.24. The molecule has 0 heterocycles. The highest BCUT2D eigenvalue weighted by molar-refractivity contribution is 5.92. The highest BCUT2D eigenvalue weighted by Crippen LogP contribution is 2.20. The zero-order valence-electron chi connectivity index (χ0n) is 15.1. The van der Waals surface area contributed by atoms with Crippen molar-refractivity contribution >= 4 is 22.8 Å². The summed E-state index contributed by atoms with van der Waals surface area (Å²) in [6.45, 7) is 1.99. The summed E-state index contributed by atoms with van der Waals surface area (Å²) in [4.78, 5) is 12.2. The van der Waals surface area contributed by atoms with Crippen molar-refractivity contribution < 1.29 is 9.53 Å². The van der Waals surface area contributed by atoms with Gasteiger partial charge in [-0.1, -0.05) is 48.5 Å².